The summed E-state index contributed by atoms with van der Waals surface area (Å²) in [6.45, 7) is 0.493. The van der Waals surface area contributed by atoms with E-state index in [-0.39, 0.29) is 23.1 Å². The number of nitro benzene ring substituents is 1. The van der Waals surface area contributed by atoms with Crippen molar-refractivity contribution < 1.29 is 9.66 Å². The second-order valence-electron chi connectivity index (χ2n) is 3.94. The van der Waals surface area contributed by atoms with Crippen LogP contribution in [0.3, 0.4) is 0 Å². The van der Waals surface area contributed by atoms with Gasteiger partial charge in [0.05, 0.1) is 16.5 Å². The van der Waals surface area contributed by atoms with Crippen LogP contribution in [0.25, 0.3) is 0 Å². The predicted molar refractivity (Wildman–Crippen MR) is 82.7 cm³/mol. The van der Waals surface area contributed by atoms with Crippen molar-refractivity contribution in [2.24, 2.45) is 5.73 Å². The fourth-order valence-corrected chi connectivity index (χ4v) is 2.55. The molecule has 0 saturated carbocycles. The number of ether oxygens (including phenoxy) is 1. The van der Waals surface area contributed by atoms with Crippen LogP contribution in [0.2, 0.25) is 5.02 Å². The maximum absolute atomic E-state index is 10.9. The number of nitro groups is 1. The zero-order chi connectivity index (χ0) is 15.2. The van der Waals surface area contributed by atoms with Crippen molar-refractivity contribution in [3.8, 4) is 17.6 Å². The second kappa shape index (κ2) is 7.09. The number of halogens is 1. The maximum atomic E-state index is 10.9. The fraction of sp³-hybridized carbons (Fsp3) is 0.143. The summed E-state index contributed by atoms with van der Waals surface area (Å²) < 4.78 is 5.50. The number of rotatable bonds is 4. The normalized spacial score (nSPS) is 9.81. The van der Waals surface area contributed by atoms with Crippen LogP contribution in [-0.2, 0) is 6.61 Å². The quantitative estimate of drug-likeness (QED) is 0.532. The molecular weight excluding hydrogens is 312 g/mol. The topological polar surface area (TPSA) is 78.4 Å². The van der Waals surface area contributed by atoms with E-state index in [1.165, 1.54) is 23.5 Å². The molecule has 0 unspecified atom stereocenters. The molecule has 7 heteroatoms. The summed E-state index contributed by atoms with van der Waals surface area (Å²) in [6.07, 6.45) is 0. The van der Waals surface area contributed by atoms with Gasteiger partial charge in [-0.1, -0.05) is 29.5 Å². The van der Waals surface area contributed by atoms with E-state index in [1.807, 2.05) is 11.4 Å². The van der Waals surface area contributed by atoms with Crippen molar-refractivity contribution in [3.05, 3.63) is 55.2 Å². The first kappa shape index (κ1) is 15.3. The lowest BCUT2D eigenvalue weighted by Crippen LogP contribution is -1.98. The number of benzene rings is 1. The molecule has 0 saturated heterocycles. The molecule has 2 N–H and O–H groups in total. The zero-order valence-corrected chi connectivity index (χ0v) is 12.4. The highest BCUT2D eigenvalue weighted by Crippen LogP contribution is 2.35. The first-order valence-electron chi connectivity index (χ1n) is 5.94. The van der Waals surface area contributed by atoms with Gasteiger partial charge in [0.25, 0.3) is 0 Å². The maximum Gasteiger partial charge on any atom is 0.312 e. The van der Waals surface area contributed by atoms with Crippen LogP contribution in [-0.4, -0.2) is 11.5 Å². The molecule has 2 rings (SSSR count). The third kappa shape index (κ3) is 3.95. The van der Waals surface area contributed by atoms with Crippen LogP contribution < -0.4 is 10.5 Å². The summed E-state index contributed by atoms with van der Waals surface area (Å²) in [6, 6.07) is 6.28. The van der Waals surface area contributed by atoms with E-state index in [1.54, 1.807) is 6.07 Å². The van der Waals surface area contributed by atoms with E-state index in [2.05, 4.69) is 11.8 Å². The molecule has 5 nitrogen and oxygen atoms in total. The highest BCUT2D eigenvalue weighted by Gasteiger charge is 2.18. The van der Waals surface area contributed by atoms with Crippen molar-refractivity contribution in [1.82, 2.24) is 0 Å². The van der Waals surface area contributed by atoms with Crippen LogP contribution in [0, 0.1) is 22.0 Å². The van der Waals surface area contributed by atoms with Gasteiger partial charge in [-0.2, -0.15) is 0 Å². The molecule has 0 aliphatic rings. The first-order valence-corrected chi connectivity index (χ1v) is 7.19. The Balaban J connectivity index is 2.13. The number of para-hydroxylation sites is 1. The van der Waals surface area contributed by atoms with E-state index in [4.69, 9.17) is 22.1 Å². The molecule has 108 valence electrons. The van der Waals surface area contributed by atoms with Crippen molar-refractivity contribution in [3.63, 3.8) is 0 Å². The number of nitrogens with two attached hydrogens (primary N) is 1. The van der Waals surface area contributed by atoms with Crippen LogP contribution in [0.15, 0.2) is 29.6 Å². The van der Waals surface area contributed by atoms with Gasteiger partial charge in [-0.25, -0.2) is 0 Å². The molecule has 0 aliphatic carbocycles. The molecule has 21 heavy (non-hydrogen) atoms. The van der Waals surface area contributed by atoms with E-state index in [9.17, 15) is 10.1 Å². The molecule has 1 heterocycles. The van der Waals surface area contributed by atoms with Crippen LogP contribution >= 0.6 is 22.9 Å². The van der Waals surface area contributed by atoms with Crippen molar-refractivity contribution in [2.45, 2.75) is 6.61 Å². The molecular formula is C14H11ClN2O3S. The molecule has 0 fully saturated rings. The standard InChI is InChI=1S/C14H11ClN2O3S/c15-12-4-1-5-13(17(18)19)14(12)20-8-11-7-10(9-21-11)3-2-6-16/h1,4-5,7,9H,6,8,16H2. The monoisotopic (exact) mass is 322 g/mol. The highest BCUT2D eigenvalue weighted by molar-refractivity contribution is 7.10. The van der Waals surface area contributed by atoms with E-state index < -0.39 is 4.92 Å². The Bertz CT molecular complexity index is 718. The molecule has 1 aromatic heterocycles. The van der Waals surface area contributed by atoms with Gasteiger partial charge in [0, 0.05) is 21.9 Å². The van der Waals surface area contributed by atoms with Gasteiger partial charge in [0.1, 0.15) is 6.61 Å². The van der Waals surface area contributed by atoms with E-state index >= 15 is 0 Å². The minimum absolute atomic E-state index is 0.0761. The largest absolute Gasteiger partial charge is 0.480 e. The average molecular weight is 323 g/mol. The molecule has 0 amide bonds. The summed E-state index contributed by atoms with van der Waals surface area (Å²) in [7, 11) is 0. The van der Waals surface area contributed by atoms with Crippen LogP contribution in [0.1, 0.15) is 10.4 Å². The summed E-state index contributed by atoms with van der Waals surface area (Å²) in [5.41, 5.74) is 6.00. The molecule has 1 aromatic carbocycles. The molecule has 0 atom stereocenters. The van der Waals surface area contributed by atoms with Gasteiger partial charge in [0.15, 0.2) is 0 Å². The van der Waals surface area contributed by atoms with Gasteiger partial charge >= 0.3 is 5.69 Å². The number of thiophene rings is 1. The van der Waals surface area contributed by atoms with Gasteiger partial charge in [-0.05, 0) is 12.1 Å². The molecule has 0 spiro atoms. The highest BCUT2D eigenvalue weighted by atomic mass is 35.5. The summed E-state index contributed by atoms with van der Waals surface area (Å²) in [5.74, 6) is 5.74. The Morgan fingerprint density at radius 3 is 3.00 bits per heavy atom. The lowest BCUT2D eigenvalue weighted by Gasteiger charge is -2.06. The fourth-order valence-electron chi connectivity index (χ4n) is 1.60. The van der Waals surface area contributed by atoms with Crippen molar-refractivity contribution in [1.29, 1.82) is 0 Å². The Labute approximate surface area is 130 Å². The SMILES string of the molecule is NCC#Cc1csc(COc2c(Cl)cccc2[N+](=O)[O-])c1. The number of nitrogens with zero attached hydrogens (tertiary/aromatic N) is 1. The number of hydrogen-bond acceptors (Lipinski definition) is 5. The Hall–Kier alpha value is -2.07. The lowest BCUT2D eigenvalue weighted by molar-refractivity contribution is -0.385. The van der Waals surface area contributed by atoms with Crippen LogP contribution in [0.5, 0.6) is 5.75 Å². The van der Waals surface area contributed by atoms with Gasteiger partial charge in [-0.3, -0.25) is 10.1 Å². The van der Waals surface area contributed by atoms with Crippen molar-refractivity contribution >= 4 is 28.6 Å². The van der Waals surface area contributed by atoms with E-state index in [0.29, 0.717) is 6.54 Å². The molecule has 0 bridgehead atoms. The number of hydrogen-bond donors (Lipinski definition) is 1. The zero-order valence-electron chi connectivity index (χ0n) is 10.8. The smallest absolute Gasteiger partial charge is 0.312 e. The summed E-state index contributed by atoms with van der Waals surface area (Å²) >= 11 is 7.41. The Kier molecular flexibility index (Phi) is 5.17. The minimum Gasteiger partial charge on any atom is -0.480 e. The third-order valence-electron chi connectivity index (χ3n) is 2.49. The molecule has 0 radical (unpaired) electrons. The first-order chi connectivity index (χ1) is 10.1. The molecule has 0 aliphatic heterocycles. The lowest BCUT2D eigenvalue weighted by atomic mass is 10.3. The predicted octanol–water partition coefficient (Wildman–Crippen LogP) is 3.20. The average Bonchev–Trinajstić information content (AvgIpc) is 2.91. The van der Waals surface area contributed by atoms with Crippen LogP contribution in [0.4, 0.5) is 5.69 Å². The Morgan fingerprint density at radius 1 is 1.48 bits per heavy atom. The second-order valence-corrected chi connectivity index (χ2v) is 5.34. The van der Waals surface area contributed by atoms with Gasteiger partial charge in [0.2, 0.25) is 5.75 Å². The van der Waals surface area contributed by atoms with Gasteiger partial charge < -0.3 is 10.5 Å². The summed E-state index contributed by atoms with van der Waals surface area (Å²) in [5, 5.41) is 13.0. The third-order valence-corrected chi connectivity index (χ3v) is 3.70. The molecule has 2 aromatic rings. The van der Waals surface area contributed by atoms with Crippen molar-refractivity contribution in [2.75, 3.05) is 6.54 Å². The summed E-state index contributed by atoms with van der Waals surface area (Å²) in [4.78, 5) is 11.3. The van der Waals surface area contributed by atoms with Gasteiger partial charge in [-0.15, -0.1) is 11.3 Å². The minimum atomic E-state index is -0.520. The Morgan fingerprint density at radius 2 is 2.29 bits per heavy atom. The van der Waals surface area contributed by atoms with E-state index in [0.717, 1.165) is 10.4 Å².